The van der Waals surface area contributed by atoms with Gasteiger partial charge in [0, 0.05) is 19.8 Å². The van der Waals surface area contributed by atoms with Gasteiger partial charge in [0.2, 0.25) is 11.2 Å². The Labute approximate surface area is 217 Å². The molecule has 4 rings (SSSR count). The zero-order valence-electron chi connectivity index (χ0n) is 18.1. The van der Waals surface area contributed by atoms with Crippen molar-refractivity contribution >= 4 is 57.1 Å². The van der Waals surface area contributed by atoms with E-state index < -0.39 is 29.3 Å². The molecule has 0 aliphatic carbocycles. The van der Waals surface area contributed by atoms with Gasteiger partial charge in [0.15, 0.2) is 5.69 Å². The molecule has 0 spiro atoms. The summed E-state index contributed by atoms with van der Waals surface area (Å²) in [6.45, 7) is 3.65. The molecule has 2 unspecified atom stereocenters. The molecule has 172 valence electrons. The average molecular weight is 673 g/mol. The largest absolute Gasteiger partial charge is 0.420 e. The molecular weight excluding hydrogens is 652 g/mol. The monoisotopic (exact) mass is 673 g/mol. The molecule has 0 N–H and O–H groups in total. The number of fused-ring (bicyclic) bond motifs is 1. The molecule has 11 heteroatoms. The van der Waals surface area contributed by atoms with E-state index in [-0.39, 0.29) is 17.5 Å². The van der Waals surface area contributed by atoms with Gasteiger partial charge in [-0.15, -0.1) is 0 Å². The molecule has 3 heterocycles. The average Bonchev–Trinajstić information content (AvgIpc) is 3.11. The Morgan fingerprint density at radius 2 is 1.88 bits per heavy atom. The normalized spacial score (nSPS) is 16.6. The molecule has 33 heavy (non-hydrogen) atoms. The predicted molar refractivity (Wildman–Crippen MR) is 137 cm³/mol. The lowest BCUT2D eigenvalue weighted by atomic mass is 9.97. The second-order valence-electron chi connectivity index (χ2n) is 8.06. The SMILES string of the molecule is CC(C)C(=O)Oc1c2n(ncc1=O)C(C(c1ccccc1)n1cc(I)c(I)n1)CN(C)C2=O. The number of benzene rings is 1. The maximum absolute atomic E-state index is 13.2. The fraction of sp³-hybridized carbons (Fsp3) is 0.318. The lowest BCUT2D eigenvalue weighted by molar-refractivity contribution is -0.137. The highest BCUT2D eigenvalue weighted by Crippen LogP contribution is 2.36. The zero-order chi connectivity index (χ0) is 23.9. The van der Waals surface area contributed by atoms with Crippen molar-refractivity contribution in [3.05, 3.63) is 71.5 Å². The summed E-state index contributed by atoms with van der Waals surface area (Å²) in [5.74, 6) is -1.77. The van der Waals surface area contributed by atoms with Crippen molar-refractivity contribution in [2.75, 3.05) is 13.6 Å². The minimum Gasteiger partial charge on any atom is -0.420 e. The van der Waals surface area contributed by atoms with Crippen molar-refractivity contribution in [2.24, 2.45) is 5.92 Å². The highest BCUT2D eigenvalue weighted by atomic mass is 127. The van der Waals surface area contributed by atoms with E-state index in [1.165, 1.54) is 9.58 Å². The van der Waals surface area contributed by atoms with Crippen LogP contribution in [0.4, 0.5) is 0 Å². The van der Waals surface area contributed by atoms with E-state index in [9.17, 15) is 14.4 Å². The van der Waals surface area contributed by atoms with Crippen LogP contribution < -0.4 is 10.2 Å². The van der Waals surface area contributed by atoms with E-state index in [2.05, 4.69) is 50.3 Å². The number of carbonyl (C=O) groups is 2. The molecule has 2 aromatic heterocycles. The van der Waals surface area contributed by atoms with E-state index >= 15 is 0 Å². The van der Waals surface area contributed by atoms with Crippen molar-refractivity contribution in [1.82, 2.24) is 24.5 Å². The van der Waals surface area contributed by atoms with Gasteiger partial charge in [-0.3, -0.25) is 19.1 Å². The van der Waals surface area contributed by atoms with Gasteiger partial charge in [-0.05, 0) is 50.7 Å². The van der Waals surface area contributed by atoms with Crippen LogP contribution in [0.3, 0.4) is 0 Å². The summed E-state index contributed by atoms with van der Waals surface area (Å²) in [6, 6.07) is 9.05. The smallest absolute Gasteiger partial charge is 0.313 e. The first-order chi connectivity index (χ1) is 15.7. The molecule has 0 bridgehead atoms. The number of aromatic nitrogens is 4. The minimum absolute atomic E-state index is 0.0345. The second-order valence-corrected chi connectivity index (χ2v) is 10.2. The molecule has 1 amide bonds. The van der Waals surface area contributed by atoms with Gasteiger partial charge in [0.1, 0.15) is 9.74 Å². The third kappa shape index (κ3) is 4.56. The highest BCUT2D eigenvalue weighted by Gasteiger charge is 2.40. The third-order valence-electron chi connectivity index (χ3n) is 5.40. The van der Waals surface area contributed by atoms with E-state index in [1.807, 2.05) is 41.2 Å². The Bertz CT molecular complexity index is 1250. The maximum atomic E-state index is 13.2. The van der Waals surface area contributed by atoms with Crippen LogP contribution in [0.25, 0.3) is 0 Å². The summed E-state index contributed by atoms with van der Waals surface area (Å²) in [5.41, 5.74) is 0.317. The van der Waals surface area contributed by atoms with Gasteiger partial charge in [-0.1, -0.05) is 44.2 Å². The summed E-state index contributed by atoms with van der Waals surface area (Å²) in [4.78, 5) is 39.6. The number of nitrogens with zero attached hydrogens (tertiary/aromatic N) is 5. The van der Waals surface area contributed by atoms with Gasteiger partial charge in [-0.2, -0.15) is 10.2 Å². The van der Waals surface area contributed by atoms with Gasteiger partial charge >= 0.3 is 5.97 Å². The molecule has 0 saturated carbocycles. The van der Waals surface area contributed by atoms with E-state index in [1.54, 1.807) is 20.9 Å². The van der Waals surface area contributed by atoms with Gasteiger partial charge < -0.3 is 9.64 Å². The van der Waals surface area contributed by atoms with E-state index in [4.69, 9.17) is 9.84 Å². The molecular formula is C22H21I2N5O4. The number of likely N-dealkylation sites (N-methyl/N-ethyl adjacent to an activating group) is 1. The topological polar surface area (TPSA) is 99.3 Å². The molecule has 9 nitrogen and oxygen atoms in total. The Hall–Kier alpha value is -2.29. The first kappa shape index (κ1) is 23.9. The van der Waals surface area contributed by atoms with Crippen LogP contribution >= 0.6 is 45.2 Å². The fourth-order valence-corrected chi connectivity index (χ4v) is 4.54. The molecule has 3 aromatic rings. The summed E-state index contributed by atoms with van der Waals surface area (Å²) in [5, 5.41) is 9.01. The summed E-state index contributed by atoms with van der Waals surface area (Å²) in [6.07, 6.45) is 3.04. The van der Waals surface area contributed by atoms with E-state index in [0.29, 0.717) is 6.54 Å². The maximum Gasteiger partial charge on any atom is 0.313 e. The number of halogens is 2. The van der Waals surface area contributed by atoms with Crippen molar-refractivity contribution in [3.63, 3.8) is 0 Å². The predicted octanol–water partition coefficient (Wildman–Crippen LogP) is 3.13. The Kier molecular flexibility index (Phi) is 6.88. The van der Waals surface area contributed by atoms with Crippen LogP contribution in [0.5, 0.6) is 5.75 Å². The van der Waals surface area contributed by atoms with Crippen molar-refractivity contribution in [3.8, 4) is 5.75 Å². The van der Waals surface area contributed by atoms with Crippen LogP contribution in [0.2, 0.25) is 0 Å². The summed E-state index contributed by atoms with van der Waals surface area (Å²) < 4.78 is 10.6. The Morgan fingerprint density at radius 3 is 2.48 bits per heavy atom. The molecule has 1 aliphatic heterocycles. The van der Waals surface area contributed by atoms with Crippen LogP contribution in [0.15, 0.2) is 47.5 Å². The number of hydrogen-bond acceptors (Lipinski definition) is 6. The van der Waals surface area contributed by atoms with Crippen molar-refractivity contribution in [2.45, 2.75) is 25.9 Å². The fourth-order valence-electron chi connectivity index (χ4n) is 3.76. The number of ether oxygens (including phenoxy) is 1. The van der Waals surface area contributed by atoms with Crippen molar-refractivity contribution in [1.29, 1.82) is 0 Å². The zero-order valence-corrected chi connectivity index (χ0v) is 22.4. The van der Waals surface area contributed by atoms with Gasteiger partial charge in [0.05, 0.1) is 21.7 Å². The quantitative estimate of drug-likeness (QED) is 0.305. The second kappa shape index (κ2) is 9.52. The van der Waals surface area contributed by atoms with Crippen LogP contribution in [0, 0.1) is 13.2 Å². The Balaban J connectivity index is 1.93. The number of hydrogen-bond donors (Lipinski definition) is 0. The van der Waals surface area contributed by atoms with Crippen molar-refractivity contribution < 1.29 is 14.3 Å². The first-order valence-corrected chi connectivity index (χ1v) is 12.4. The summed E-state index contributed by atoms with van der Waals surface area (Å²) in [7, 11) is 1.66. The van der Waals surface area contributed by atoms with Crippen LogP contribution in [0.1, 0.15) is 42.0 Å². The standard InChI is InChI=1S/C22H21I2N5O4/c1-12(2)22(32)33-19-16(30)9-25-29-15(11-27(3)21(31)18(19)29)17(13-7-5-4-6-8-13)28-10-14(23)20(24)26-28/h4-10,12,15,17H,11H2,1-3H3. The molecule has 0 saturated heterocycles. The van der Waals surface area contributed by atoms with E-state index in [0.717, 1.165) is 19.0 Å². The number of rotatable bonds is 5. The molecule has 1 aromatic carbocycles. The lowest BCUT2D eigenvalue weighted by Crippen LogP contribution is -2.46. The number of amides is 1. The number of esters is 1. The lowest BCUT2D eigenvalue weighted by Gasteiger charge is -2.37. The molecule has 1 aliphatic rings. The van der Waals surface area contributed by atoms with Crippen LogP contribution in [-0.2, 0) is 4.79 Å². The first-order valence-electron chi connectivity index (χ1n) is 10.2. The van der Waals surface area contributed by atoms with Crippen LogP contribution in [-0.4, -0.2) is 49.9 Å². The third-order valence-corrected chi connectivity index (χ3v) is 8.02. The highest BCUT2D eigenvalue weighted by molar-refractivity contribution is 14.1. The molecule has 0 radical (unpaired) electrons. The van der Waals surface area contributed by atoms with Gasteiger partial charge in [0.25, 0.3) is 5.91 Å². The summed E-state index contributed by atoms with van der Waals surface area (Å²) >= 11 is 4.41. The minimum atomic E-state index is -0.614. The molecule has 0 fully saturated rings. The number of carbonyl (C=O) groups excluding carboxylic acids is 2. The molecule has 2 atom stereocenters. The van der Waals surface area contributed by atoms with Gasteiger partial charge in [-0.25, -0.2) is 4.68 Å². The Morgan fingerprint density at radius 1 is 1.18 bits per heavy atom.